The van der Waals surface area contributed by atoms with Crippen LogP contribution in [0.1, 0.15) is 30.4 Å². The number of carbonyl (C=O) groups excluding carboxylic acids is 1. The van der Waals surface area contributed by atoms with Crippen molar-refractivity contribution in [3.63, 3.8) is 0 Å². The SMILES string of the molecule is CC(C)(C)C(=O)Nc1ccc(C(=O)O)s1. The minimum absolute atomic E-state index is 0.124. The lowest BCUT2D eigenvalue weighted by atomic mass is 9.96. The monoisotopic (exact) mass is 227 g/mol. The zero-order chi connectivity index (χ0) is 11.6. The second-order valence-electron chi connectivity index (χ2n) is 4.17. The Morgan fingerprint density at radius 3 is 2.33 bits per heavy atom. The summed E-state index contributed by atoms with van der Waals surface area (Å²) in [5, 5.41) is 11.9. The van der Waals surface area contributed by atoms with Crippen LogP contribution >= 0.6 is 11.3 Å². The van der Waals surface area contributed by atoms with Crippen molar-refractivity contribution >= 4 is 28.2 Å². The summed E-state index contributed by atoms with van der Waals surface area (Å²) in [5.41, 5.74) is -0.479. The molecule has 2 N–H and O–H groups in total. The van der Waals surface area contributed by atoms with Crippen LogP contribution in [0.5, 0.6) is 0 Å². The molecule has 0 saturated heterocycles. The van der Waals surface area contributed by atoms with Gasteiger partial charge in [-0.25, -0.2) is 4.79 Å². The van der Waals surface area contributed by atoms with E-state index in [0.29, 0.717) is 5.00 Å². The van der Waals surface area contributed by atoms with Gasteiger partial charge < -0.3 is 10.4 Å². The number of amides is 1. The summed E-state index contributed by atoms with van der Waals surface area (Å²) < 4.78 is 0. The Morgan fingerprint density at radius 1 is 1.33 bits per heavy atom. The number of rotatable bonds is 2. The maximum absolute atomic E-state index is 11.6. The van der Waals surface area contributed by atoms with E-state index in [4.69, 9.17) is 5.11 Å². The van der Waals surface area contributed by atoms with Crippen LogP contribution in [0, 0.1) is 5.41 Å². The second-order valence-corrected chi connectivity index (χ2v) is 5.26. The molecule has 1 aromatic rings. The molecule has 1 heterocycles. The largest absolute Gasteiger partial charge is 0.477 e. The molecular formula is C10H13NO3S. The highest BCUT2D eigenvalue weighted by molar-refractivity contribution is 7.18. The van der Waals surface area contributed by atoms with E-state index in [1.165, 1.54) is 6.07 Å². The average molecular weight is 227 g/mol. The number of hydrogen-bond donors (Lipinski definition) is 2. The molecule has 4 nitrogen and oxygen atoms in total. The zero-order valence-electron chi connectivity index (χ0n) is 8.83. The van der Waals surface area contributed by atoms with Crippen molar-refractivity contribution in [2.45, 2.75) is 20.8 Å². The highest BCUT2D eigenvalue weighted by Gasteiger charge is 2.21. The van der Waals surface area contributed by atoms with Gasteiger partial charge in [0, 0.05) is 5.41 Å². The summed E-state index contributed by atoms with van der Waals surface area (Å²) in [7, 11) is 0. The van der Waals surface area contributed by atoms with Gasteiger partial charge in [-0.3, -0.25) is 4.79 Å². The maximum Gasteiger partial charge on any atom is 0.345 e. The van der Waals surface area contributed by atoms with Crippen molar-refractivity contribution in [1.82, 2.24) is 0 Å². The zero-order valence-corrected chi connectivity index (χ0v) is 9.64. The van der Waals surface area contributed by atoms with Crippen molar-refractivity contribution in [1.29, 1.82) is 0 Å². The molecule has 15 heavy (non-hydrogen) atoms. The summed E-state index contributed by atoms with van der Waals surface area (Å²) in [4.78, 5) is 22.4. The van der Waals surface area contributed by atoms with Gasteiger partial charge in [-0.15, -0.1) is 11.3 Å². The summed E-state index contributed by atoms with van der Waals surface area (Å²) in [6, 6.07) is 3.07. The number of carboxylic acid groups (broad SMARTS) is 1. The van der Waals surface area contributed by atoms with Crippen LogP contribution in [0.2, 0.25) is 0 Å². The molecule has 0 aliphatic carbocycles. The fraction of sp³-hybridized carbons (Fsp3) is 0.400. The lowest BCUT2D eigenvalue weighted by Gasteiger charge is -2.16. The Kier molecular flexibility index (Phi) is 3.14. The van der Waals surface area contributed by atoms with Gasteiger partial charge in [0.25, 0.3) is 0 Å². The Labute approximate surface area is 91.9 Å². The molecule has 5 heteroatoms. The summed E-state index contributed by atoms with van der Waals surface area (Å²) in [6.07, 6.45) is 0. The van der Waals surface area contributed by atoms with Crippen molar-refractivity contribution in [3.05, 3.63) is 17.0 Å². The van der Waals surface area contributed by atoms with Gasteiger partial charge in [0.15, 0.2) is 0 Å². The Hall–Kier alpha value is -1.36. The summed E-state index contributed by atoms with van der Waals surface area (Å²) in [6.45, 7) is 5.40. The van der Waals surface area contributed by atoms with Crippen molar-refractivity contribution in [3.8, 4) is 0 Å². The third-order valence-corrected chi connectivity index (χ3v) is 2.72. The standard InChI is InChI=1S/C10H13NO3S/c1-10(2,3)9(14)11-7-5-4-6(15-7)8(12)13/h4-5H,1-3H3,(H,11,14)(H,12,13). The van der Waals surface area contributed by atoms with Crippen molar-refractivity contribution in [2.75, 3.05) is 5.32 Å². The normalized spacial score (nSPS) is 11.1. The number of thiophene rings is 1. The number of anilines is 1. The molecule has 0 aliphatic heterocycles. The molecule has 0 bridgehead atoms. The number of hydrogen-bond acceptors (Lipinski definition) is 3. The predicted octanol–water partition coefficient (Wildman–Crippen LogP) is 2.43. The van der Waals surface area contributed by atoms with Crippen LogP contribution in [0.25, 0.3) is 0 Å². The van der Waals surface area contributed by atoms with Gasteiger partial charge in [0.05, 0.1) is 5.00 Å². The molecule has 82 valence electrons. The highest BCUT2D eigenvalue weighted by Crippen LogP contribution is 2.24. The molecule has 0 unspecified atom stereocenters. The first-order valence-electron chi connectivity index (χ1n) is 4.45. The summed E-state index contributed by atoms with van der Waals surface area (Å²) in [5.74, 6) is -1.10. The number of aromatic carboxylic acids is 1. The molecule has 0 fully saturated rings. The van der Waals surface area contributed by atoms with Crippen LogP contribution in [-0.4, -0.2) is 17.0 Å². The smallest absolute Gasteiger partial charge is 0.345 e. The van der Waals surface area contributed by atoms with Crippen LogP contribution < -0.4 is 5.32 Å². The molecule has 1 rings (SSSR count). The quantitative estimate of drug-likeness (QED) is 0.815. The second kappa shape index (κ2) is 4.02. The van der Waals surface area contributed by atoms with Gasteiger partial charge in [-0.1, -0.05) is 20.8 Å². The minimum atomic E-state index is -0.976. The van der Waals surface area contributed by atoms with E-state index in [1.807, 2.05) is 0 Å². The maximum atomic E-state index is 11.6. The number of carbonyl (C=O) groups is 2. The first-order valence-corrected chi connectivity index (χ1v) is 5.27. The van der Waals surface area contributed by atoms with Crippen LogP contribution in [0.4, 0.5) is 5.00 Å². The lowest BCUT2D eigenvalue weighted by Crippen LogP contribution is -2.27. The van der Waals surface area contributed by atoms with Crippen molar-refractivity contribution < 1.29 is 14.7 Å². The molecule has 0 atom stereocenters. The lowest BCUT2D eigenvalue weighted by molar-refractivity contribution is -0.123. The van der Waals surface area contributed by atoms with Crippen LogP contribution in [-0.2, 0) is 4.79 Å². The Balaban J connectivity index is 2.74. The molecule has 1 aromatic heterocycles. The molecule has 0 aromatic carbocycles. The van der Waals surface area contributed by atoms with Gasteiger partial charge in [0.2, 0.25) is 5.91 Å². The molecule has 0 aliphatic rings. The van der Waals surface area contributed by atoms with Gasteiger partial charge in [0.1, 0.15) is 4.88 Å². The molecule has 0 radical (unpaired) electrons. The van der Waals surface area contributed by atoms with Gasteiger partial charge >= 0.3 is 5.97 Å². The van der Waals surface area contributed by atoms with E-state index in [9.17, 15) is 9.59 Å². The number of carboxylic acids is 1. The molecule has 0 saturated carbocycles. The van der Waals surface area contributed by atoms with Gasteiger partial charge in [-0.2, -0.15) is 0 Å². The van der Waals surface area contributed by atoms with E-state index in [0.717, 1.165) is 11.3 Å². The molecular weight excluding hydrogens is 214 g/mol. The van der Waals surface area contributed by atoms with Gasteiger partial charge in [-0.05, 0) is 12.1 Å². The average Bonchev–Trinajstić information content (AvgIpc) is 2.50. The minimum Gasteiger partial charge on any atom is -0.477 e. The third-order valence-electron chi connectivity index (χ3n) is 1.73. The van der Waals surface area contributed by atoms with Crippen molar-refractivity contribution in [2.24, 2.45) is 5.41 Å². The fourth-order valence-electron chi connectivity index (χ4n) is 0.819. The first-order chi connectivity index (χ1) is 6.80. The molecule has 0 spiro atoms. The highest BCUT2D eigenvalue weighted by atomic mass is 32.1. The predicted molar refractivity (Wildman–Crippen MR) is 59.4 cm³/mol. The van der Waals surface area contributed by atoms with E-state index >= 15 is 0 Å². The summed E-state index contributed by atoms with van der Waals surface area (Å²) >= 11 is 1.05. The Morgan fingerprint density at radius 2 is 1.93 bits per heavy atom. The topological polar surface area (TPSA) is 66.4 Å². The Bertz CT molecular complexity index is 390. The molecule has 1 amide bonds. The first kappa shape index (κ1) is 11.7. The van der Waals surface area contributed by atoms with Crippen LogP contribution in [0.15, 0.2) is 12.1 Å². The number of nitrogens with one attached hydrogen (secondary N) is 1. The van der Waals surface area contributed by atoms with Crippen LogP contribution in [0.3, 0.4) is 0 Å². The van der Waals surface area contributed by atoms with E-state index in [-0.39, 0.29) is 10.8 Å². The van der Waals surface area contributed by atoms with E-state index in [1.54, 1.807) is 26.8 Å². The third kappa shape index (κ3) is 3.06. The van der Waals surface area contributed by atoms with E-state index < -0.39 is 11.4 Å². The van der Waals surface area contributed by atoms with E-state index in [2.05, 4.69) is 5.32 Å². The fourth-order valence-corrected chi connectivity index (χ4v) is 1.56.